The molecule has 1 aliphatic rings. The van der Waals surface area contributed by atoms with Crippen molar-refractivity contribution >= 4 is 27.8 Å². The van der Waals surface area contributed by atoms with Gasteiger partial charge in [-0.1, -0.05) is 6.07 Å². The lowest BCUT2D eigenvalue weighted by Crippen LogP contribution is -2.33. The summed E-state index contributed by atoms with van der Waals surface area (Å²) in [6.45, 7) is 6.25. The van der Waals surface area contributed by atoms with Crippen molar-refractivity contribution < 1.29 is 22.7 Å². The largest absolute Gasteiger partial charge is 0.493 e. The quantitative estimate of drug-likeness (QED) is 0.640. The van der Waals surface area contributed by atoms with Crippen LogP contribution in [-0.2, 0) is 14.9 Å². The molecule has 26 heavy (non-hydrogen) atoms. The third-order valence-electron chi connectivity index (χ3n) is 3.24. The van der Waals surface area contributed by atoms with E-state index in [1.165, 1.54) is 0 Å². The second-order valence-electron chi connectivity index (χ2n) is 6.72. The molecule has 1 aromatic rings. The highest BCUT2D eigenvalue weighted by Gasteiger charge is 2.24. The summed E-state index contributed by atoms with van der Waals surface area (Å²) in [7, 11) is -3.81. The molecule has 10 heteroatoms. The lowest BCUT2D eigenvalue weighted by atomic mass is 10.1. The van der Waals surface area contributed by atoms with E-state index in [0.29, 0.717) is 43.0 Å². The van der Waals surface area contributed by atoms with Gasteiger partial charge in [-0.2, -0.15) is 8.42 Å². The number of anilines is 1. The number of amidine groups is 1. The topological polar surface area (TPSA) is 132 Å². The fraction of sp³-hybridized carbons (Fsp3) is 0.500. The number of fused-ring (bicyclic) bond motifs is 1. The smallest absolute Gasteiger partial charge is 0.407 e. The van der Waals surface area contributed by atoms with Gasteiger partial charge in [0, 0.05) is 6.54 Å². The van der Waals surface area contributed by atoms with E-state index in [0.717, 1.165) is 0 Å². The van der Waals surface area contributed by atoms with E-state index >= 15 is 0 Å². The van der Waals surface area contributed by atoms with E-state index in [-0.39, 0.29) is 5.84 Å². The molecular formula is C16H24N4O5S. The molecule has 0 fully saturated rings. The Morgan fingerprint density at radius 3 is 2.73 bits per heavy atom. The first-order chi connectivity index (χ1) is 12.1. The van der Waals surface area contributed by atoms with Crippen LogP contribution < -0.4 is 20.5 Å². The zero-order chi connectivity index (χ0) is 19.4. The molecular weight excluding hydrogens is 360 g/mol. The monoisotopic (exact) mass is 384 g/mol. The average Bonchev–Trinajstić information content (AvgIpc) is 2.47. The number of benzene rings is 1. The number of ether oxygens (including phenoxy) is 2. The SMILES string of the molecule is CC(C)(C)OC(=O)NCCCCOc1cccc2c1C(N)=NS(=O)(=O)N2. The summed E-state index contributed by atoms with van der Waals surface area (Å²) >= 11 is 0. The van der Waals surface area contributed by atoms with Gasteiger partial charge in [0.05, 0.1) is 17.9 Å². The maximum absolute atomic E-state index is 11.5. The van der Waals surface area contributed by atoms with Crippen molar-refractivity contribution in [1.29, 1.82) is 0 Å². The van der Waals surface area contributed by atoms with Gasteiger partial charge >= 0.3 is 16.3 Å². The van der Waals surface area contributed by atoms with Gasteiger partial charge in [-0.05, 0) is 45.7 Å². The minimum atomic E-state index is -3.81. The standard InChI is InChI=1S/C16H24N4O5S/c1-16(2,3)25-15(21)18-9-4-5-10-24-12-8-6-7-11-13(12)14(17)20-26(22,23)19-11/h6-8,19H,4-5,9-10H2,1-3H3,(H2,17,20)(H,18,21). The summed E-state index contributed by atoms with van der Waals surface area (Å²) in [4.78, 5) is 11.5. The van der Waals surface area contributed by atoms with Crippen LogP contribution in [0.3, 0.4) is 0 Å². The van der Waals surface area contributed by atoms with Crippen molar-refractivity contribution in [3.8, 4) is 5.75 Å². The summed E-state index contributed by atoms with van der Waals surface area (Å²) in [6.07, 6.45) is 0.930. The van der Waals surface area contributed by atoms with Crippen molar-refractivity contribution in [3.05, 3.63) is 23.8 Å². The summed E-state index contributed by atoms with van der Waals surface area (Å²) < 4.78 is 39.7. The predicted molar refractivity (Wildman–Crippen MR) is 98.7 cm³/mol. The van der Waals surface area contributed by atoms with E-state index in [1.54, 1.807) is 39.0 Å². The molecule has 0 aromatic heterocycles. The molecule has 0 unspecified atom stereocenters. The average molecular weight is 384 g/mol. The molecule has 1 heterocycles. The molecule has 0 atom stereocenters. The van der Waals surface area contributed by atoms with Crippen LogP contribution in [0.4, 0.5) is 10.5 Å². The number of alkyl carbamates (subject to hydrolysis) is 1. The van der Waals surface area contributed by atoms with Crippen LogP contribution in [0.1, 0.15) is 39.2 Å². The first-order valence-electron chi connectivity index (χ1n) is 8.19. The van der Waals surface area contributed by atoms with Crippen LogP contribution in [0, 0.1) is 0 Å². The van der Waals surface area contributed by atoms with Gasteiger partial charge in [-0.15, -0.1) is 4.40 Å². The lowest BCUT2D eigenvalue weighted by Gasteiger charge is -2.20. The Morgan fingerprint density at radius 1 is 1.31 bits per heavy atom. The highest BCUT2D eigenvalue weighted by molar-refractivity contribution is 7.91. The highest BCUT2D eigenvalue weighted by Crippen LogP contribution is 2.30. The Balaban J connectivity index is 1.81. The van der Waals surface area contributed by atoms with Crippen LogP contribution >= 0.6 is 0 Å². The van der Waals surface area contributed by atoms with Crippen LogP contribution in [0.15, 0.2) is 22.6 Å². The van der Waals surface area contributed by atoms with Crippen molar-refractivity contribution in [2.24, 2.45) is 10.1 Å². The van der Waals surface area contributed by atoms with Gasteiger partial charge in [0.1, 0.15) is 11.4 Å². The van der Waals surface area contributed by atoms with E-state index in [2.05, 4.69) is 14.4 Å². The molecule has 1 aromatic carbocycles. The third-order valence-corrected chi connectivity index (χ3v) is 4.15. The minimum absolute atomic E-state index is 0.110. The van der Waals surface area contributed by atoms with Crippen LogP contribution in [0.25, 0.3) is 0 Å². The van der Waals surface area contributed by atoms with Gasteiger partial charge in [-0.3, -0.25) is 4.72 Å². The second-order valence-corrected chi connectivity index (χ2v) is 8.05. The Bertz CT molecular complexity index is 799. The first kappa shape index (κ1) is 19.8. The number of nitrogens with one attached hydrogen (secondary N) is 2. The molecule has 0 spiro atoms. The molecule has 0 saturated heterocycles. The number of carbonyl (C=O) groups excluding carboxylic acids is 1. The van der Waals surface area contributed by atoms with Crippen molar-refractivity contribution in [3.63, 3.8) is 0 Å². The number of carbonyl (C=O) groups is 1. The Morgan fingerprint density at radius 2 is 2.04 bits per heavy atom. The van der Waals surface area contributed by atoms with Crippen LogP contribution in [0.5, 0.6) is 5.75 Å². The van der Waals surface area contributed by atoms with Crippen molar-refractivity contribution in [2.45, 2.75) is 39.2 Å². The lowest BCUT2D eigenvalue weighted by molar-refractivity contribution is 0.0526. The number of nitrogens with zero attached hydrogens (tertiary/aromatic N) is 1. The fourth-order valence-electron chi connectivity index (χ4n) is 2.25. The van der Waals surface area contributed by atoms with Gasteiger partial charge in [-0.25, -0.2) is 4.79 Å². The van der Waals surface area contributed by atoms with Gasteiger partial charge in [0.15, 0.2) is 5.84 Å². The van der Waals surface area contributed by atoms with Gasteiger partial charge in [0.2, 0.25) is 0 Å². The van der Waals surface area contributed by atoms with E-state index in [4.69, 9.17) is 15.2 Å². The maximum Gasteiger partial charge on any atom is 0.407 e. The number of unbranched alkanes of at least 4 members (excludes halogenated alkanes) is 1. The first-order valence-corrected chi connectivity index (χ1v) is 9.63. The molecule has 0 radical (unpaired) electrons. The molecule has 0 bridgehead atoms. The third kappa shape index (κ3) is 5.80. The molecule has 2 rings (SSSR count). The molecule has 1 amide bonds. The van der Waals surface area contributed by atoms with Crippen LogP contribution in [0.2, 0.25) is 0 Å². The van der Waals surface area contributed by atoms with Crippen molar-refractivity contribution in [2.75, 3.05) is 17.9 Å². The highest BCUT2D eigenvalue weighted by atomic mass is 32.2. The molecule has 4 N–H and O–H groups in total. The predicted octanol–water partition coefficient (Wildman–Crippen LogP) is 1.75. The molecule has 144 valence electrons. The molecule has 0 saturated carbocycles. The van der Waals surface area contributed by atoms with Gasteiger partial charge in [0.25, 0.3) is 0 Å². The van der Waals surface area contributed by atoms with E-state index in [9.17, 15) is 13.2 Å². The number of nitrogens with two attached hydrogens (primary N) is 1. The molecule has 1 aliphatic heterocycles. The summed E-state index contributed by atoms with van der Waals surface area (Å²) in [5, 5.41) is 2.67. The Kier molecular flexibility index (Phi) is 5.96. The maximum atomic E-state index is 11.5. The Labute approximate surface area is 153 Å². The molecule has 9 nitrogen and oxygen atoms in total. The summed E-state index contributed by atoms with van der Waals surface area (Å²) in [6, 6.07) is 4.95. The van der Waals surface area contributed by atoms with Crippen molar-refractivity contribution in [1.82, 2.24) is 5.32 Å². The molecule has 0 aliphatic carbocycles. The van der Waals surface area contributed by atoms with E-state index < -0.39 is 21.9 Å². The zero-order valence-corrected chi connectivity index (χ0v) is 15.9. The van der Waals surface area contributed by atoms with Crippen LogP contribution in [-0.4, -0.2) is 39.1 Å². The summed E-state index contributed by atoms with van der Waals surface area (Å²) in [5.41, 5.74) is 5.98. The normalized spacial score (nSPS) is 15.3. The summed E-state index contributed by atoms with van der Waals surface area (Å²) in [5.74, 6) is 0.340. The number of amides is 1. The Hall–Kier alpha value is -2.49. The number of rotatable bonds is 6. The number of hydrogen-bond acceptors (Lipinski definition) is 6. The van der Waals surface area contributed by atoms with Gasteiger partial charge < -0.3 is 20.5 Å². The second kappa shape index (κ2) is 7.81. The fourth-order valence-corrected chi connectivity index (χ4v) is 3.10. The minimum Gasteiger partial charge on any atom is -0.493 e. The number of hydrogen-bond donors (Lipinski definition) is 3. The zero-order valence-electron chi connectivity index (χ0n) is 15.0. The van der Waals surface area contributed by atoms with E-state index in [1.807, 2.05) is 0 Å².